The van der Waals surface area contributed by atoms with E-state index in [4.69, 9.17) is 0 Å². The summed E-state index contributed by atoms with van der Waals surface area (Å²) in [5.41, 5.74) is 1.23. The van der Waals surface area contributed by atoms with Gasteiger partial charge in [0.15, 0.2) is 0 Å². The monoisotopic (exact) mass is 278 g/mol. The second kappa shape index (κ2) is 5.23. The van der Waals surface area contributed by atoms with Gasteiger partial charge in [-0.1, -0.05) is 6.07 Å². The van der Waals surface area contributed by atoms with E-state index in [1.165, 1.54) is 18.6 Å². The molecule has 0 aliphatic heterocycles. The van der Waals surface area contributed by atoms with Gasteiger partial charge in [-0.3, -0.25) is 9.71 Å². The Balaban J connectivity index is 2.41. The lowest BCUT2D eigenvalue weighted by Crippen LogP contribution is -2.16. The van der Waals surface area contributed by atoms with Crippen molar-refractivity contribution < 1.29 is 8.42 Å². The molecule has 0 bridgehead atoms. The molecule has 2 heterocycles. The molecule has 2 N–H and O–H groups in total. The summed E-state index contributed by atoms with van der Waals surface area (Å²) in [6, 6.07) is 5.13. The highest BCUT2D eigenvalue weighted by Crippen LogP contribution is 2.22. The van der Waals surface area contributed by atoms with Crippen molar-refractivity contribution in [3.05, 3.63) is 42.4 Å². The van der Waals surface area contributed by atoms with E-state index in [0.717, 1.165) is 5.56 Å². The molecule has 0 aromatic carbocycles. The van der Waals surface area contributed by atoms with Gasteiger partial charge in [-0.15, -0.1) is 0 Å². The Morgan fingerprint density at radius 1 is 1.21 bits per heavy atom. The van der Waals surface area contributed by atoms with Gasteiger partial charge in [0.05, 0.1) is 5.69 Å². The number of nitrogens with zero attached hydrogens (tertiary/aromatic N) is 2. The zero-order valence-corrected chi connectivity index (χ0v) is 11.4. The van der Waals surface area contributed by atoms with E-state index < -0.39 is 10.0 Å². The molecule has 0 unspecified atom stereocenters. The molecular formula is C12H14N4O2S. The molecule has 19 heavy (non-hydrogen) atoms. The molecule has 0 aliphatic carbocycles. The first-order valence-electron chi connectivity index (χ1n) is 5.61. The van der Waals surface area contributed by atoms with Crippen LogP contribution in [-0.2, 0) is 10.0 Å². The smallest absolute Gasteiger partial charge is 0.266 e. The highest BCUT2D eigenvalue weighted by atomic mass is 32.2. The average Bonchev–Trinajstić information content (AvgIpc) is 2.41. The molecule has 6 nitrogen and oxygen atoms in total. The highest BCUT2D eigenvalue weighted by molar-refractivity contribution is 7.92. The fourth-order valence-corrected chi connectivity index (χ4v) is 2.81. The lowest BCUT2D eigenvalue weighted by Gasteiger charge is -2.11. The normalized spacial score (nSPS) is 11.1. The summed E-state index contributed by atoms with van der Waals surface area (Å²) in [5, 5.41) is 2.82. The molecule has 2 rings (SSSR count). The van der Waals surface area contributed by atoms with E-state index in [-0.39, 0.29) is 4.90 Å². The molecule has 0 radical (unpaired) electrons. The first-order valence-corrected chi connectivity index (χ1v) is 7.09. The number of hydrogen-bond donors (Lipinski definition) is 2. The van der Waals surface area contributed by atoms with Crippen LogP contribution in [0.5, 0.6) is 0 Å². The Hall–Kier alpha value is -2.15. The number of aromatic nitrogens is 2. The van der Waals surface area contributed by atoms with E-state index in [2.05, 4.69) is 20.0 Å². The van der Waals surface area contributed by atoms with E-state index in [9.17, 15) is 8.42 Å². The number of anilines is 2. The van der Waals surface area contributed by atoms with Crippen LogP contribution < -0.4 is 10.0 Å². The summed E-state index contributed by atoms with van der Waals surface area (Å²) in [4.78, 5) is 7.94. The minimum atomic E-state index is -3.72. The van der Waals surface area contributed by atoms with Gasteiger partial charge in [-0.25, -0.2) is 13.4 Å². The number of aryl methyl sites for hydroxylation is 1. The Kier molecular flexibility index (Phi) is 3.66. The molecule has 0 amide bonds. The van der Waals surface area contributed by atoms with Gasteiger partial charge >= 0.3 is 0 Å². The van der Waals surface area contributed by atoms with E-state index in [0.29, 0.717) is 11.5 Å². The molecule has 0 aliphatic rings. The summed E-state index contributed by atoms with van der Waals surface area (Å²) < 4.78 is 27.1. The lowest BCUT2D eigenvalue weighted by molar-refractivity contribution is 0.601. The van der Waals surface area contributed by atoms with Crippen LogP contribution in [0, 0.1) is 6.92 Å². The zero-order chi connectivity index (χ0) is 13.9. The van der Waals surface area contributed by atoms with Crippen LogP contribution in [0.4, 0.5) is 11.5 Å². The molecular weight excluding hydrogens is 264 g/mol. The summed E-state index contributed by atoms with van der Waals surface area (Å²) in [6.45, 7) is 1.78. The Labute approximate surface area is 112 Å². The molecule has 0 fully saturated rings. The summed E-state index contributed by atoms with van der Waals surface area (Å²) in [6.07, 6.45) is 4.36. The number of rotatable bonds is 4. The molecule has 0 saturated heterocycles. The number of pyridine rings is 2. The van der Waals surface area contributed by atoms with Gasteiger partial charge in [0, 0.05) is 25.6 Å². The van der Waals surface area contributed by atoms with E-state index in [1.54, 1.807) is 32.2 Å². The third-order valence-corrected chi connectivity index (χ3v) is 3.95. The predicted octanol–water partition coefficient (Wildman–Crippen LogP) is 1.63. The Morgan fingerprint density at radius 2 is 2.00 bits per heavy atom. The second-order valence-electron chi connectivity index (χ2n) is 3.90. The van der Waals surface area contributed by atoms with Crippen LogP contribution in [0.25, 0.3) is 0 Å². The summed E-state index contributed by atoms with van der Waals surface area (Å²) in [5.74, 6) is 0.313. The Morgan fingerprint density at radius 3 is 2.68 bits per heavy atom. The number of nitrogens with one attached hydrogen (secondary N) is 2. The highest BCUT2D eigenvalue weighted by Gasteiger charge is 2.19. The topological polar surface area (TPSA) is 84.0 Å². The van der Waals surface area contributed by atoms with Crippen molar-refractivity contribution in [1.29, 1.82) is 0 Å². The van der Waals surface area contributed by atoms with Crippen LogP contribution >= 0.6 is 0 Å². The standard InChI is InChI=1S/C12H14N4O2S/c1-9-4-3-6-15-12(9)16-19(17,18)11-8-14-7-5-10(11)13-2/h3-8H,1-2H3,(H,13,14)(H,15,16). The molecule has 0 atom stereocenters. The Bertz CT molecular complexity index is 686. The first-order chi connectivity index (χ1) is 9.04. The van der Waals surface area contributed by atoms with Crippen molar-refractivity contribution in [2.45, 2.75) is 11.8 Å². The van der Waals surface area contributed by atoms with Crippen LogP contribution in [0.3, 0.4) is 0 Å². The maximum atomic E-state index is 12.3. The molecule has 100 valence electrons. The maximum Gasteiger partial charge on any atom is 0.266 e. The molecule has 0 saturated carbocycles. The van der Waals surface area contributed by atoms with Crippen molar-refractivity contribution in [1.82, 2.24) is 9.97 Å². The molecule has 2 aromatic heterocycles. The van der Waals surface area contributed by atoms with E-state index >= 15 is 0 Å². The van der Waals surface area contributed by atoms with Crippen LogP contribution in [0.1, 0.15) is 5.56 Å². The lowest BCUT2D eigenvalue weighted by atomic mass is 10.3. The maximum absolute atomic E-state index is 12.3. The predicted molar refractivity (Wildman–Crippen MR) is 73.6 cm³/mol. The van der Waals surface area contributed by atoms with Gasteiger partial charge in [-0.2, -0.15) is 0 Å². The van der Waals surface area contributed by atoms with Crippen molar-refractivity contribution in [2.75, 3.05) is 17.1 Å². The van der Waals surface area contributed by atoms with E-state index in [1.807, 2.05) is 0 Å². The minimum Gasteiger partial charge on any atom is -0.387 e. The summed E-state index contributed by atoms with van der Waals surface area (Å²) in [7, 11) is -2.06. The zero-order valence-electron chi connectivity index (χ0n) is 10.6. The summed E-state index contributed by atoms with van der Waals surface area (Å²) >= 11 is 0. The fraction of sp³-hybridized carbons (Fsp3) is 0.167. The van der Waals surface area contributed by atoms with Crippen molar-refractivity contribution in [3.8, 4) is 0 Å². The average molecular weight is 278 g/mol. The third kappa shape index (κ3) is 2.82. The van der Waals surface area contributed by atoms with Crippen molar-refractivity contribution >= 4 is 21.5 Å². The number of hydrogen-bond acceptors (Lipinski definition) is 5. The second-order valence-corrected chi connectivity index (χ2v) is 5.55. The molecule has 0 spiro atoms. The fourth-order valence-electron chi connectivity index (χ4n) is 1.58. The number of sulfonamides is 1. The van der Waals surface area contributed by atoms with Gasteiger partial charge in [0.1, 0.15) is 10.7 Å². The first kappa shape index (κ1) is 13.3. The van der Waals surface area contributed by atoms with Gasteiger partial charge in [-0.05, 0) is 24.6 Å². The van der Waals surface area contributed by atoms with Crippen molar-refractivity contribution in [3.63, 3.8) is 0 Å². The van der Waals surface area contributed by atoms with Gasteiger partial charge in [0.2, 0.25) is 0 Å². The van der Waals surface area contributed by atoms with Gasteiger partial charge in [0.25, 0.3) is 10.0 Å². The van der Waals surface area contributed by atoms with Crippen LogP contribution in [-0.4, -0.2) is 25.4 Å². The SMILES string of the molecule is CNc1ccncc1S(=O)(=O)Nc1ncccc1C. The minimum absolute atomic E-state index is 0.0857. The largest absolute Gasteiger partial charge is 0.387 e. The van der Waals surface area contributed by atoms with Gasteiger partial charge < -0.3 is 5.32 Å². The third-order valence-electron chi connectivity index (χ3n) is 2.58. The van der Waals surface area contributed by atoms with Crippen LogP contribution in [0.15, 0.2) is 41.7 Å². The molecule has 2 aromatic rings. The quantitative estimate of drug-likeness (QED) is 0.888. The molecule has 7 heteroatoms. The van der Waals surface area contributed by atoms with Crippen LogP contribution in [0.2, 0.25) is 0 Å². The van der Waals surface area contributed by atoms with Crippen molar-refractivity contribution in [2.24, 2.45) is 0 Å².